The number of hydrogen-bond acceptors (Lipinski definition) is 4. The van der Waals surface area contributed by atoms with Crippen molar-refractivity contribution in [1.82, 2.24) is 10.6 Å². The fourth-order valence-electron chi connectivity index (χ4n) is 2.40. The molecule has 1 saturated heterocycles. The molecule has 1 fully saturated rings. The summed E-state index contributed by atoms with van der Waals surface area (Å²) in [6, 6.07) is 4.83. The lowest BCUT2D eigenvalue weighted by Gasteiger charge is -2.23. The minimum absolute atomic E-state index is 0.130. The molecule has 1 atom stereocenters. The van der Waals surface area contributed by atoms with Crippen LogP contribution in [0.3, 0.4) is 0 Å². The minimum Gasteiger partial charge on any atom is -0.350 e. The Morgan fingerprint density at radius 1 is 1.50 bits per heavy atom. The van der Waals surface area contributed by atoms with E-state index in [2.05, 4.69) is 10.6 Å². The molecule has 2 N–H and O–H groups in total. The molecule has 0 aliphatic carbocycles. The lowest BCUT2D eigenvalue weighted by molar-refractivity contribution is -0.385. The van der Waals surface area contributed by atoms with Crippen LogP contribution < -0.4 is 10.6 Å². The fraction of sp³-hybridized carbons (Fsp3) is 0.500. The first-order chi connectivity index (χ1) is 9.58. The van der Waals surface area contributed by atoms with Crippen molar-refractivity contribution in [3.05, 3.63) is 39.4 Å². The molecule has 1 amide bonds. The van der Waals surface area contributed by atoms with Gasteiger partial charge in [0.15, 0.2) is 0 Å². The third-order valence-corrected chi connectivity index (χ3v) is 3.51. The number of benzene rings is 1. The van der Waals surface area contributed by atoms with Crippen molar-refractivity contribution in [2.75, 3.05) is 13.1 Å². The molecule has 1 aromatic rings. The van der Waals surface area contributed by atoms with Crippen LogP contribution in [0.2, 0.25) is 0 Å². The predicted molar refractivity (Wildman–Crippen MR) is 75.8 cm³/mol. The molecule has 1 unspecified atom stereocenters. The zero-order valence-corrected chi connectivity index (χ0v) is 11.5. The van der Waals surface area contributed by atoms with Crippen molar-refractivity contribution in [2.45, 2.75) is 32.2 Å². The van der Waals surface area contributed by atoms with Crippen LogP contribution in [0.5, 0.6) is 0 Å². The van der Waals surface area contributed by atoms with Crippen molar-refractivity contribution < 1.29 is 9.72 Å². The summed E-state index contributed by atoms with van der Waals surface area (Å²) in [5.41, 5.74) is 0.812. The third kappa shape index (κ3) is 3.54. The quantitative estimate of drug-likeness (QED) is 0.649. The first-order valence-electron chi connectivity index (χ1n) is 6.84. The summed E-state index contributed by atoms with van der Waals surface area (Å²) in [5.74, 6) is -0.382. The highest BCUT2D eigenvalue weighted by Gasteiger charge is 2.21. The summed E-state index contributed by atoms with van der Waals surface area (Å²) in [6.07, 6.45) is 3.34. The first-order valence-corrected chi connectivity index (χ1v) is 6.84. The van der Waals surface area contributed by atoms with Gasteiger partial charge < -0.3 is 10.6 Å². The number of carbonyl (C=O) groups excluding carboxylic acids is 1. The maximum Gasteiger partial charge on any atom is 0.282 e. The number of hydrogen-bond donors (Lipinski definition) is 2. The van der Waals surface area contributed by atoms with Crippen LogP contribution in [-0.4, -0.2) is 30.0 Å². The molecule has 0 bridgehead atoms. The molecular formula is C14H19N3O3. The number of nitrogens with zero attached hydrogens (tertiary/aromatic N) is 1. The van der Waals surface area contributed by atoms with Crippen molar-refractivity contribution in [1.29, 1.82) is 0 Å². The Balaban J connectivity index is 2.04. The van der Waals surface area contributed by atoms with Gasteiger partial charge in [-0.05, 0) is 37.9 Å². The van der Waals surface area contributed by atoms with Gasteiger partial charge in [-0.2, -0.15) is 0 Å². The Bertz CT molecular complexity index is 510. The molecule has 108 valence electrons. The van der Waals surface area contributed by atoms with E-state index in [0.717, 1.165) is 31.4 Å². The maximum atomic E-state index is 12.1. The van der Waals surface area contributed by atoms with E-state index >= 15 is 0 Å². The lowest BCUT2D eigenvalue weighted by Crippen LogP contribution is -2.43. The molecule has 2 rings (SSSR count). The Morgan fingerprint density at radius 3 is 2.95 bits per heavy atom. The molecule has 0 saturated carbocycles. The van der Waals surface area contributed by atoms with E-state index in [-0.39, 0.29) is 23.2 Å². The van der Waals surface area contributed by atoms with Gasteiger partial charge in [0.2, 0.25) is 0 Å². The van der Waals surface area contributed by atoms with Crippen LogP contribution in [0.4, 0.5) is 5.69 Å². The lowest BCUT2D eigenvalue weighted by atomic mass is 10.0. The summed E-state index contributed by atoms with van der Waals surface area (Å²) in [7, 11) is 0. The van der Waals surface area contributed by atoms with Gasteiger partial charge in [-0.25, -0.2) is 0 Å². The molecule has 6 heteroatoms. The van der Waals surface area contributed by atoms with Gasteiger partial charge >= 0.3 is 0 Å². The van der Waals surface area contributed by atoms with Crippen LogP contribution in [0, 0.1) is 17.0 Å². The van der Waals surface area contributed by atoms with Gasteiger partial charge in [0.25, 0.3) is 11.6 Å². The monoisotopic (exact) mass is 277 g/mol. The Labute approximate surface area is 117 Å². The van der Waals surface area contributed by atoms with Crippen LogP contribution in [0.15, 0.2) is 18.2 Å². The second-order valence-electron chi connectivity index (χ2n) is 5.13. The summed E-state index contributed by atoms with van der Waals surface area (Å²) in [6.45, 7) is 3.28. The van der Waals surface area contributed by atoms with Gasteiger partial charge in [0.05, 0.1) is 4.92 Å². The number of amides is 1. The largest absolute Gasteiger partial charge is 0.350 e. The van der Waals surface area contributed by atoms with Crippen LogP contribution in [0.25, 0.3) is 0 Å². The second-order valence-corrected chi connectivity index (χ2v) is 5.13. The number of nitro groups is 1. The number of nitrogens with one attached hydrogen (secondary N) is 2. The predicted octanol–water partition coefficient (Wildman–Crippen LogP) is 1.78. The van der Waals surface area contributed by atoms with Crippen LogP contribution >= 0.6 is 0 Å². The van der Waals surface area contributed by atoms with Gasteiger partial charge in [-0.3, -0.25) is 14.9 Å². The van der Waals surface area contributed by atoms with Gasteiger partial charge in [-0.15, -0.1) is 0 Å². The van der Waals surface area contributed by atoms with E-state index in [1.807, 2.05) is 6.92 Å². The summed E-state index contributed by atoms with van der Waals surface area (Å²) in [4.78, 5) is 22.6. The minimum atomic E-state index is -0.521. The van der Waals surface area contributed by atoms with Gasteiger partial charge in [0.1, 0.15) is 5.56 Å². The molecule has 0 aromatic heterocycles. The van der Waals surface area contributed by atoms with Gasteiger partial charge in [-0.1, -0.05) is 12.5 Å². The van der Waals surface area contributed by atoms with Crippen molar-refractivity contribution >= 4 is 11.6 Å². The molecule has 6 nitrogen and oxygen atoms in total. The van der Waals surface area contributed by atoms with E-state index in [1.165, 1.54) is 6.07 Å². The highest BCUT2D eigenvalue weighted by atomic mass is 16.6. The second kappa shape index (κ2) is 6.47. The average Bonchev–Trinajstić information content (AvgIpc) is 2.45. The zero-order chi connectivity index (χ0) is 14.5. The van der Waals surface area contributed by atoms with E-state index in [0.29, 0.717) is 6.54 Å². The van der Waals surface area contributed by atoms with E-state index in [4.69, 9.17) is 0 Å². The number of rotatable bonds is 4. The Morgan fingerprint density at radius 2 is 2.30 bits per heavy atom. The van der Waals surface area contributed by atoms with E-state index in [9.17, 15) is 14.9 Å². The van der Waals surface area contributed by atoms with Crippen LogP contribution in [-0.2, 0) is 0 Å². The average molecular weight is 277 g/mol. The molecule has 0 spiro atoms. The number of piperidine rings is 1. The molecule has 1 heterocycles. The highest BCUT2D eigenvalue weighted by Crippen LogP contribution is 2.19. The number of aryl methyl sites for hydroxylation is 1. The number of nitro benzene ring substituents is 1. The summed E-state index contributed by atoms with van der Waals surface area (Å²) < 4.78 is 0. The highest BCUT2D eigenvalue weighted by molar-refractivity contribution is 5.98. The summed E-state index contributed by atoms with van der Waals surface area (Å²) in [5, 5.41) is 17.1. The van der Waals surface area contributed by atoms with Crippen molar-refractivity contribution in [3.63, 3.8) is 0 Å². The number of carbonyl (C=O) groups is 1. The smallest absolute Gasteiger partial charge is 0.282 e. The first kappa shape index (κ1) is 14.5. The van der Waals surface area contributed by atoms with Crippen LogP contribution in [0.1, 0.15) is 35.2 Å². The molecular weight excluding hydrogens is 258 g/mol. The van der Waals surface area contributed by atoms with E-state index < -0.39 is 4.92 Å². The molecule has 1 aromatic carbocycles. The molecule has 20 heavy (non-hydrogen) atoms. The standard InChI is InChI=1S/C14H19N3O3/c1-10-5-6-13(17(19)20)12(8-10)14(18)16-9-11-4-2-3-7-15-11/h5-6,8,11,15H,2-4,7,9H2,1H3,(H,16,18). The summed E-state index contributed by atoms with van der Waals surface area (Å²) >= 11 is 0. The van der Waals surface area contributed by atoms with Crippen molar-refractivity contribution in [3.8, 4) is 0 Å². The molecule has 1 aliphatic rings. The zero-order valence-electron chi connectivity index (χ0n) is 11.5. The molecule has 0 radical (unpaired) electrons. The topological polar surface area (TPSA) is 84.3 Å². The Kier molecular flexibility index (Phi) is 4.68. The van der Waals surface area contributed by atoms with Crippen molar-refractivity contribution in [2.24, 2.45) is 0 Å². The Hall–Kier alpha value is -1.95. The fourth-order valence-corrected chi connectivity index (χ4v) is 2.40. The van der Waals surface area contributed by atoms with Gasteiger partial charge in [0, 0.05) is 18.7 Å². The normalized spacial score (nSPS) is 18.6. The van der Waals surface area contributed by atoms with E-state index in [1.54, 1.807) is 12.1 Å². The maximum absolute atomic E-state index is 12.1. The SMILES string of the molecule is Cc1ccc([N+](=O)[O-])c(C(=O)NCC2CCCCN2)c1. The third-order valence-electron chi connectivity index (χ3n) is 3.51. The molecule has 1 aliphatic heterocycles.